The normalized spacial score (nSPS) is 13.1. The summed E-state index contributed by atoms with van der Waals surface area (Å²) >= 11 is 0. The van der Waals surface area contributed by atoms with Gasteiger partial charge in [-0.25, -0.2) is 0 Å². The van der Waals surface area contributed by atoms with Gasteiger partial charge in [-0.05, 0) is 24.3 Å². The molecule has 0 unspecified atom stereocenters. The molecule has 0 saturated heterocycles. The van der Waals surface area contributed by atoms with E-state index in [1.54, 1.807) is 0 Å². The van der Waals surface area contributed by atoms with Crippen molar-refractivity contribution in [3.05, 3.63) is 36.4 Å². The van der Waals surface area contributed by atoms with Gasteiger partial charge >= 0.3 is 0 Å². The lowest BCUT2D eigenvalue weighted by Gasteiger charge is -2.01. The van der Waals surface area contributed by atoms with E-state index in [-0.39, 0.29) is 0 Å². The van der Waals surface area contributed by atoms with E-state index in [1.807, 2.05) is 36.4 Å². The van der Waals surface area contributed by atoms with Gasteiger partial charge in [0.25, 0.3) is 0 Å². The van der Waals surface area contributed by atoms with E-state index in [9.17, 15) is 0 Å². The molecule has 0 bridgehead atoms. The van der Waals surface area contributed by atoms with Gasteiger partial charge in [-0.3, -0.25) is 0 Å². The summed E-state index contributed by atoms with van der Waals surface area (Å²) in [4.78, 5) is 0. The standard InChI is InChI=1S/C12H6O3/c1-3-9-11(14-9)5-7(1)13-8-2-4-10-12(6-8)15-10/h1-6H. The Hall–Kier alpha value is -2.16. The van der Waals surface area contributed by atoms with Gasteiger partial charge in [0.15, 0.2) is 23.0 Å². The molecule has 2 aromatic rings. The van der Waals surface area contributed by atoms with Crippen molar-refractivity contribution in [1.82, 2.24) is 0 Å². The smallest absolute Gasteiger partial charge is 0.173 e. The third-order valence-electron chi connectivity index (χ3n) is 2.42. The van der Waals surface area contributed by atoms with Gasteiger partial charge in [0.05, 0.1) is 0 Å². The third-order valence-corrected chi connectivity index (χ3v) is 2.42. The molecular formula is C12H6O3. The van der Waals surface area contributed by atoms with E-state index in [4.69, 9.17) is 14.2 Å². The van der Waals surface area contributed by atoms with Gasteiger partial charge in [-0.2, -0.15) is 0 Å². The molecular weight excluding hydrogens is 192 g/mol. The van der Waals surface area contributed by atoms with Crippen LogP contribution >= 0.6 is 0 Å². The lowest BCUT2D eigenvalue weighted by atomic mass is 10.3. The molecule has 0 N–H and O–H groups in total. The van der Waals surface area contributed by atoms with Crippen LogP contribution in [-0.4, -0.2) is 0 Å². The minimum atomic E-state index is 0.784. The zero-order chi connectivity index (χ0) is 9.83. The monoisotopic (exact) mass is 198 g/mol. The second kappa shape index (κ2) is 2.25. The summed E-state index contributed by atoms with van der Waals surface area (Å²) in [7, 11) is 0. The highest BCUT2D eigenvalue weighted by molar-refractivity contribution is 5.60. The molecule has 2 aromatic carbocycles. The number of hydrogen-bond acceptors (Lipinski definition) is 3. The van der Waals surface area contributed by atoms with Crippen molar-refractivity contribution in [2.75, 3.05) is 0 Å². The molecule has 15 heavy (non-hydrogen) atoms. The molecule has 0 radical (unpaired) electrons. The molecule has 0 atom stereocenters. The second-order valence-corrected chi connectivity index (χ2v) is 3.52. The fourth-order valence-corrected chi connectivity index (χ4v) is 1.55. The van der Waals surface area contributed by atoms with Gasteiger partial charge in [0, 0.05) is 12.1 Å². The summed E-state index contributed by atoms with van der Waals surface area (Å²) in [5.74, 6) is 5.24. The lowest BCUT2D eigenvalue weighted by molar-refractivity contribution is 0.482. The predicted molar refractivity (Wildman–Crippen MR) is 53.1 cm³/mol. The van der Waals surface area contributed by atoms with Crippen LogP contribution in [0.5, 0.6) is 34.5 Å². The Morgan fingerprint density at radius 3 is 1.67 bits per heavy atom. The van der Waals surface area contributed by atoms with E-state index < -0.39 is 0 Å². The Bertz CT molecular complexity index is 524. The number of fused-ring (bicyclic) bond motifs is 2. The first kappa shape index (κ1) is 7.17. The van der Waals surface area contributed by atoms with Crippen LogP contribution in [0.2, 0.25) is 0 Å². The molecule has 0 aliphatic carbocycles. The van der Waals surface area contributed by atoms with E-state index >= 15 is 0 Å². The zero-order valence-corrected chi connectivity index (χ0v) is 7.69. The Labute approximate surface area is 85.8 Å². The highest BCUT2D eigenvalue weighted by atomic mass is 16.6. The SMILES string of the molecule is c1cc2c(cc1Oc1ccc3c(c1)O3)O2. The average molecular weight is 198 g/mol. The average Bonchev–Trinajstić information content (AvgIpc) is 3.11. The number of benzene rings is 2. The highest BCUT2D eigenvalue weighted by Gasteiger charge is 2.22. The third kappa shape index (κ3) is 1.13. The van der Waals surface area contributed by atoms with E-state index in [1.165, 1.54) is 0 Å². The van der Waals surface area contributed by atoms with Gasteiger partial charge in [-0.1, -0.05) is 0 Å². The number of rotatable bonds is 2. The van der Waals surface area contributed by atoms with Crippen LogP contribution in [0.25, 0.3) is 0 Å². The first-order valence-electron chi connectivity index (χ1n) is 4.70. The summed E-state index contributed by atoms with van der Waals surface area (Å²) < 4.78 is 15.9. The summed E-state index contributed by atoms with van der Waals surface area (Å²) in [6.45, 7) is 0. The fraction of sp³-hybridized carbons (Fsp3) is 0. The van der Waals surface area contributed by atoms with Crippen molar-refractivity contribution in [2.45, 2.75) is 0 Å². The Morgan fingerprint density at radius 2 is 1.20 bits per heavy atom. The number of ether oxygens (including phenoxy) is 3. The molecule has 4 rings (SSSR count). The Kier molecular flexibility index (Phi) is 1.08. The summed E-state index contributed by atoms with van der Waals surface area (Å²) in [5, 5.41) is 0. The van der Waals surface area contributed by atoms with Crippen molar-refractivity contribution in [3.8, 4) is 34.5 Å². The summed E-state index contributed by atoms with van der Waals surface area (Å²) in [5.41, 5.74) is 0. The van der Waals surface area contributed by atoms with E-state index in [0.717, 1.165) is 34.5 Å². The molecule has 0 saturated carbocycles. The maximum atomic E-state index is 5.65. The van der Waals surface area contributed by atoms with Gasteiger partial charge < -0.3 is 14.2 Å². The van der Waals surface area contributed by atoms with E-state index in [2.05, 4.69) is 0 Å². The predicted octanol–water partition coefficient (Wildman–Crippen LogP) is 3.69. The molecule has 2 aliphatic heterocycles. The van der Waals surface area contributed by atoms with Crippen LogP contribution < -0.4 is 14.2 Å². The molecule has 2 heterocycles. The Balaban J connectivity index is 1.66. The maximum Gasteiger partial charge on any atom is 0.173 e. The first-order valence-corrected chi connectivity index (χ1v) is 4.70. The molecule has 0 aromatic heterocycles. The molecule has 3 nitrogen and oxygen atoms in total. The zero-order valence-electron chi connectivity index (χ0n) is 7.69. The Morgan fingerprint density at radius 1 is 0.667 bits per heavy atom. The molecule has 0 fully saturated rings. The topological polar surface area (TPSA) is 34.3 Å². The van der Waals surface area contributed by atoms with Crippen LogP contribution in [0.3, 0.4) is 0 Å². The van der Waals surface area contributed by atoms with Crippen molar-refractivity contribution < 1.29 is 14.2 Å². The molecule has 0 amide bonds. The van der Waals surface area contributed by atoms with Crippen molar-refractivity contribution >= 4 is 0 Å². The lowest BCUT2D eigenvalue weighted by Crippen LogP contribution is -1.79. The van der Waals surface area contributed by atoms with Crippen LogP contribution in [0.1, 0.15) is 0 Å². The molecule has 3 heteroatoms. The minimum Gasteiger partial charge on any atom is -0.457 e. The largest absolute Gasteiger partial charge is 0.457 e. The van der Waals surface area contributed by atoms with Crippen molar-refractivity contribution in [1.29, 1.82) is 0 Å². The molecule has 2 aliphatic rings. The summed E-state index contributed by atoms with van der Waals surface area (Å²) in [6, 6.07) is 11.3. The minimum absolute atomic E-state index is 0.784. The second-order valence-electron chi connectivity index (χ2n) is 3.52. The van der Waals surface area contributed by atoms with Crippen LogP contribution in [-0.2, 0) is 0 Å². The van der Waals surface area contributed by atoms with Crippen molar-refractivity contribution in [2.24, 2.45) is 0 Å². The fourth-order valence-electron chi connectivity index (χ4n) is 1.55. The van der Waals surface area contributed by atoms with Gasteiger partial charge in [0.1, 0.15) is 11.5 Å². The van der Waals surface area contributed by atoms with Crippen LogP contribution in [0, 0.1) is 0 Å². The molecule has 72 valence electrons. The van der Waals surface area contributed by atoms with Crippen LogP contribution in [0.4, 0.5) is 0 Å². The number of hydrogen-bond donors (Lipinski definition) is 0. The van der Waals surface area contributed by atoms with Gasteiger partial charge in [-0.15, -0.1) is 0 Å². The van der Waals surface area contributed by atoms with Crippen molar-refractivity contribution in [3.63, 3.8) is 0 Å². The highest BCUT2D eigenvalue weighted by Crippen LogP contribution is 2.49. The van der Waals surface area contributed by atoms with Crippen LogP contribution in [0.15, 0.2) is 36.4 Å². The van der Waals surface area contributed by atoms with E-state index in [0.29, 0.717) is 0 Å². The molecule has 0 spiro atoms. The quantitative estimate of drug-likeness (QED) is 0.460. The first-order chi connectivity index (χ1) is 7.38. The maximum absolute atomic E-state index is 5.65. The van der Waals surface area contributed by atoms with Gasteiger partial charge in [0.2, 0.25) is 0 Å². The summed E-state index contributed by atoms with van der Waals surface area (Å²) in [6.07, 6.45) is 0.